The number of carboxylic acids is 1. The fraction of sp³-hybridized carbons (Fsp3) is 0.346. The number of sulfonamides is 1. The van der Waals surface area contributed by atoms with Gasteiger partial charge in [-0.2, -0.15) is 9.41 Å². The van der Waals surface area contributed by atoms with E-state index in [-0.39, 0.29) is 23.6 Å². The van der Waals surface area contributed by atoms with Crippen molar-refractivity contribution in [2.75, 3.05) is 39.9 Å². The van der Waals surface area contributed by atoms with Crippen LogP contribution in [-0.4, -0.2) is 98.1 Å². The average Bonchev–Trinajstić information content (AvgIpc) is 3.59. The van der Waals surface area contributed by atoms with Crippen LogP contribution < -0.4 is 0 Å². The van der Waals surface area contributed by atoms with Crippen molar-refractivity contribution >= 4 is 61.1 Å². The zero-order valence-electron chi connectivity index (χ0n) is 21.5. The van der Waals surface area contributed by atoms with Crippen LogP contribution in [0.2, 0.25) is 5.02 Å². The molecule has 0 radical (unpaired) electrons. The number of carboxylic acid groups (broad SMARTS) is 1. The predicted molar refractivity (Wildman–Crippen MR) is 150 cm³/mol. The molecule has 212 valence electrons. The minimum atomic E-state index is -4.10. The Labute approximate surface area is 240 Å². The number of hydrogen-bond acceptors (Lipinski definition) is 9. The summed E-state index contributed by atoms with van der Waals surface area (Å²) in [7, 11) is -2.29. The molecule has 3 heterocycles. The first kappa shape index (κ1) is 28.5. The number of carbonyl (C=O) groups excluding carboxylic acids is 1. The number of benzene rings is 2. The molecule has 1 aromatic heterocycles. The van der Waals surface area contributed by atoms with Crippen LogP contribution in [-0.2, 0) is 35.6 Å². The molecule has 0 unspecified atom stereocenters. The van der Waals surface area contributed by atoms with E-state index < -0.39 is 34.5 Å². The summed E-state index contributed by atoms with van der Waals surface area (Å²) in [6, 6.07) is 12.4. The lowest BCUT2D eigenvalue weighted by Crippen LogP contribution is -2.59. The molecule has 2 aliphatic heterocycles. The van der Waals surface area contributed by atoms with E-state index in [0.717, 1.165) is 21.2 Å². The van der Waals surface area contributed by atoms with Crippen molar-refractivity contribution in [1.29, 1.82) is 0 Å². The van der Waals surface area contributed by atoms with Gasteiger partial charge in [0.25, 0.3) is 10.0 Å². The van der Waals surface area contributed by atoms with Gasteiger partial charge in [0.15, 0.2) is 6.29 Å². The van der Waals surface area contributed by atoms with Gasteiger partial charge >= 0.3 is 5.97 Å². The number of ether oxygens (including phenoxy) is 2. The van der Waals surface area contributed by atoms with Crippen molar-refractivity contribution in [1.82, 2.24) is 14.2 Å². The number of fused-ring (bicyclic) bond motifs is 1. The number of hydrogen-bond donors (Lipinski definition) is 1. The van der Waals surface area contributed by atoms with Crippen molar-refractivity contribution in [2.24, 2.45) is 5.10 Å². The molecule has 0 aliphatic carbocycles. The molecule has 0 bridgehead atoms. The highest BCUT2D eigenvalue weighted by atomic mass is 35.5. The Morgan fingerprint density at radius 1 is 1.20 bits per heavy atom. The third kappa shape index (κ3) is 6.29. The number of aliphatic carboxylic acids is 1. The highest BCUT2D eigenvalue weighted by Gasteiger charge is 2.42. The quantitative estimate of drug-likeness (QED) is 0.291. The van der Waals surface area contributed by atoms with E-state index in [2.05, 4.69) is 5.10 Å². The summed E-state index contributed by atoms with van der Waals surface area (Å²) in [6.45, 7) is 0.852. The lowest BCUT2D eigenvalue weighted by molar-refractivity contribution is -0.154. The lowest BCUT2D eigenvalue weighted by Gasteiger charge is -2.38. The highest BCUT2D eigenvalue weighted by molar-refractivity contribution is 7.91. The first-order valence-electron chi connectivity index (χ1n) is 12.4. The average molecular weight is 607 g/mol. The van der Waals surface area contributed by atoms with Crippen LogP contribution >= 0.6 is 22.9 Å². The largest absolute Gasteiger partial charge is 0.480 e. The number of nitrogens with zero attached hydrogens (tertiary/aromatic N) is 4. The summed E-state index contributed by atoms with van der Waals surface area (Å²) < 4.78 is 39.2. The smallest absolute Gasteiger partial charge is 0.327 e. The van der Waals surface area contributed by atoms with Crippen LogP contribution in [0.4, 0.5) is 0 Å². The second kappa shape index (κ2) is 11.8. The SMILES string of the molecule is CN(CC1OCCO1)/N=C/c1ccc(CN2C(=O)CN(S(=O)(=O)c3cc4ccc(Cl)cc4s3)C[C@@H]2C(=O)O)cc1. The van der Waals surface area contributed by atoms with Gasteiger partial charge in [0, 0.05) is 29.9 Å². The lowest BCUT2D eigenvalue weighted by atomic mass is 10.1. The van der Waals surface area contributed by atoms with E-state index in [0.29, 0.717) is 40.4 Å². The summed E-state index contributed by atoms with van der Waals surface area (Å²) in [5.74, 6) is -1.87. The first-order chi connectivity index (χ1) is 19.1. The first-order valence-corrected chi connectivity index (χ1v) is 15.0. The molecular weight excluding hydrogens is 580 g/mol. The number of amides is 1. The van der Waals surface area contributed by atoms with Crippen LogP contribution in [0.1, 0.15) is 11.1 Å². The van der Waals surface area contributed by atoms with Crippen LogP contribution in [0.25, 0.3) is 10.1 Å². The molecule has 11 nitrogen and oxygen atoms in total. The molecule has 40 heavy (non-hydrogen) atoms. The highest BCUT2D eigenvalue weighted by Crippen LogP contribution is 2.33. The van der Waals surface area contributed by atoms with Crippen LogP contribution in [0.15, 0.2) is 57.8 Å². The standard InChI is InChI=1S/C26H27ClN4O7S2/c1-29(16-24-37-8-9-38-24)28-12-17-2-4-18(5-3-17)13-31-21(26(33)34)14-30(15-23(31)32)40(35,36)25-10-19-6-7-20(27)11-22(19)39-25/h2-7,10-12,21,24H,8-9,13-16H2,1H3,(H,33,34)/b28-12+/t21-/m1/s1. The van der Waals surface area contributed by atoms with Gasteiger partial charge in [-0.3, -0.25) is 9.80 Å². The number of halogens is 1. The number of rotatable bonds is 9. The number of thiophene rings is 1. The number of carbonyl (C=O) groups is 2. The number of hydrazone groups is 1. The summed E-state index contributed by atoms with van der Waals surface area (Å²) in [6.07, 6.45) is 1.37. The molecule has 0 saturated carbocycles. The Kier molecular flexibility index (Phi) is 8.40. The Morgan fingerprint density at radius 3 is 2.62 bits per heavy atom. The second-order valence-electron chi connectivity index (χ2n) is 9.42. The Hall–Kier alpha value is -3.07. The zero-order valence-corrected chi connectivity index (χ0v) is 23.9. The van der Waals surface area contributed by atoms with Gasteiger partial charge in [0.1, 0.15) is 10.3 Å². The molecule has 1 N–H and O–H groups in total. The summed E-state index contributed by atoms with van der Waals surface area (Å²) >= 11 is 7.05. The monoisotopic (exact) mass is 606 g/mol. The molecular formula is C26H27ClN4O7S2. The molecule has 5 rings (SSSR count). The van der Waals surface area contributed by atoms with Crippen molar-refractivity contribution < 1.29 is 32.6 Å². The van der Waals surface area contributed by atoms with Gasteiger partial charge in [-0.15, -0.1) is 11.3 Å². The molecule has 1 atom stereocenters. The molecule has 14 heteroatoms. The van der Waals surface area contributed by atoms with Crippen molar-refractivity contribution in [3.8, 4) is 0 Å². The van der Waals surface area contributed by atoms with Crippen LogP contribution in [0, 0.1) is 0 Å². The van der Waals surface area contributed by atoms with E-state index in [1.165, 1.54) is 11.0 Å². The third-order valence-electron chi connectivity index (χ3n) is 6.56. The summed E-state index contributed by atoms with van der Waals surface area (Å²) in [5, 5.41) is 17.2. The van der Waals surface area contributed by atoms with E-state index in [9.17, 15) is 23.1 Å². The van der Waals surface area contributed by atoms with Gasteiger partial charge in [-0.05, 0) is 34.7 Å². The van der Waals surface area contributed by atoms with Gasteiger partial charge in [0.2, 0.25) is 5.91 Å². The minimum Gasteiger partial charge on any atom is -0.480 e. The second-order valence-corrected chi connectivity index (χ2v) is 13.1. The van der Waals surface area contributed by atoms with Gasteiger partial charge in [-0.1, -0.05) is 41.9 Å². The van der Waals surface area contributed by atoms with Gasteiger partial charge in [-0.25, -0.2) is 13.2 Å². The Bertz CT molecular complexity index is 1540. The van der Waals surface area contributed by atoms with E-state index in [1.54, 1.807) is 41.6 Å². The summed E-state index contributed by atoms with van der Waals surface area (Å²) in [4.78, 5) is 26.5. The van der Waals surface area contributed by atoms with Crippen LogP contribution in [0.5, 0.6) is 0 Å². The Morgan fingerprint density at radius 2 is 1.93 bits per heavy atom. The Balaban J connectivity index is 1.26. The third-order valence-corrected chi connectivity index (χ3v) is 10.2. The normalized spacial score (nSPS) is 19.2. The predicted octanol–water partition coefficient (Wildman–Crippen LogP) is 2.68. The van der Waals surface area contributed by atoms with Gasteiger partial charge in [0.05, 0.1) is 32.5 Å². The van der Waals surface area contributed by atoms with Gasteiger partial charge < -0.3 is 19.5 Å². The maximum atomic E-state index is 13.4. The molecule has 2 aliphatic rings. The van der Waals surface area contributed by atoms with Crippen molar-refractivity contribution in [3.63, 3.8) is 0 Å². The topological polar surface area (TPSA) is 129 Å². The number of piperazine rings is 1. The maximum absolute atomic E-state index is 13.4. The van der Waals surface area contributed by atoms with Crippen molar-refractivity contribution in [2.45, 2.75) is 23.1 Å². The van der Waals surface area contributed by atoms with Crippen molar-refractivity contribution in [3.05, 3.63) is 64.7 Å². The van der Waals surface area contributed by atoms with E-state index >= 15 is 0 Å². The maximum Gasteiger partial charge on any atom is 0.327 e. The molecule has 2 aromatic carbocycles. The fourth-order valence-corrected chi connectivity index (χ4v) is 7.67. The fourth-order valence-electron chi connectivity index (χ4n) is 4.45. The number of likely N-dealkylation sites (N-methyl/N-ethyl adjacent to an activating group) is 1. The molecule has 1 amide bonds. The molecule has 0 spiro atoms. The molecule has 3 aromatic rings. The molecule has 2 saturated heterocycles. The minimum absolute atomic E-state index is 0.0265. The zero-order chi connectivity index (χ0) is 28.4. The summed E-state index contributed by atoms with van der Waals surface area (Å²) in [5.41, 5.74) is 1.51. The van der Waals surface area contributed by atoms with E-state index in [1.807, 2.05) is 19.2 Å². The molecule has 2 fully saturated rings. The van der Waals surface area contributed by atoms with Crippen LogP contribution in [0.3, 0.4) is 0 Å². The van der Waals surface area contributed by atoms with E-state index in [4.69, 9.17) is 21.1 Å².